The molecule has 98 valence electrons. The Balaban J connectivity index is 0.000000258. The van der Waals surface area contributed by atoms with Gasteiger partial charge in [-0.25, -0.2) is 4.98 Å². The third-order valence-electron chi connectivity index (χ3n) is 2.51. The van der Waals surface area contributed by atoms with Crippen LogP contribution in [0.5, 0.6) is 0 Å². The Labute approximate surface area is 120 Å². The van der Waals surface area contributed by atoms with E-state index in [0.29, 0.717) is 5.56 Å². The lowest BCUT2D eigenvalue weighted by Crippen LogP contribution is -2.15. The van der Waals surface area contributed by atoms with Crippen LogP contribution in [0.2, 0.25) is 19.6 Å². The Bertz CT molecular complexity index is 666. The Morgan fingerprint density at radius 2 is 1.89 bits per heavy atom. The van der Waals surface area contributed by atoms with E-state index >= 15 is 0 Å². The minimum atomic E-state index is -1.10. The maximum atomic E-state index is 8.80. The predicted molar refractivity (Wildman–Crippen MR) is 86.0 cm³/mol. The van der Waals surface area contributed by atoms with Gasteiger partial charge >= 0.3 is 0 Å². The molecule has 0 aliphatic heterocycles. The fourth-order valence-electron chi connectivity index (χ4n) is 1.34. The summed E-state index contributed by atoms with van der Waals surface area (Å²) >= 11 is 1.66. The highest BCUT2D eigenvalue weighted by Crippen LogP contribution is 2.26. The van der Waals surface area contributed by atoms with E-state index in [1.807, 2.05) is 6.92 Å². The van der Waals surface area contributed by atoms with E-state index in [2.05, 4.69) is 49.2 Å². The largest absolute Gasteiger partial charge is 0.244 e. The zero-order chi connectivity index (χ0) is 14.6. The zero-order valence-electron chi connectivity index (χ0n) is 12.0. The van der Waals surface area contributed by atoms with Gasteiger partial charge in [0.25, 0.3) is 0 Å². The number of nitrogens with zero attached hydrogens (tertiary/aromatic N) is 2. The number of terminal acetylenes is 1. The van der Waals surface area contributed by atoms with E-state index in [1.165, 1.54) is 4.88 Å². The quantitative estimate of drug-likeness (QED) is 0.535. The van der Waals surface area contributed by atoms with Crippen LogP contribution in [0, 0.1) is 37.1 Å². The fourth-order valence-corrected chi connectivity index (χ4v) is 2.25. The van der Waals surface area contributed by atoms with Crippen molar-refractivity contribution in [3.63, 3.8) is 0 Å². The standard InChI is InChI=1S/C10H8N2S.C5H10Si/c1-6-3-9-7(2)8(4-11)5-12-10(9)13-6;1-5-6(2,3)4/h3,5H,1-2H3;1H,2-4H3. The summed E-state index contributed by atoms with van der Waals surface area (Å²) in [6.07, 6.45) is 6.76. The van der Waals surface area contributed by atoms with E-state index in [-0.39, 0.29) is 0 Å². The third-order valence-corrected chi connectivity index (χ3v) is 4.33. The van der Waals surface area contributed by atoms with Gasteiger partial charge in [0.15, 0.2) is 0 Å². The van der Waals surface area contributed by atoms with Crippen LogP contribution in [-0.4, -0.2) is 13.1 Å². The molecule has 4 heteroatoms. The van der Waals surface area contributed by atoms with Crippen molar-refractivity contribution in [2.45, 2.75) is 33.5 Å². The molecule has 0 radical (unpaired) electrons. The van der Waals surface area contributed by atoms with Gasteiger partial charge in [-0.15, -0.1) is 23.3 Å². The summed E-state index contributed by atoms with van der Waals surface area (Å²) < 4.78 is 0. The average Bonchev–Trinajstić information content (AvgIpc) is 2.71. The second-order valence-corrected chi connectivity index (χ2v) is 11.4. The maximum absolute atomic E-state index is 8.80. The molecule has 2 aromatic heterocycles. The van der Waals surface area contributed by atoms with E-state index < -0.39 is 8.07 Å². The summed E-state index contributed by atoms with van der Waals surface area (Å²) in [6.45, 7) is 10.5. The Morgan fingerprint density at radius 3 is 2.37 bits per heavy atom. The summed E-state index contributed by atoms with van der Waals surface area (Å²) in [7, 11) is -1.10. The first-order valence-corrected chi connectivity index (χ1v) is 10.3. The molecule has 0 fully saturated rings. The molecule has 0 aliphatic rings. The molecule has 2 aromatic rings. The fraction of sp³-hybridized carbons (Fsp3) is 0.333. The number of hydrogen-bond donors (Lipinski definition) is 0. The number of aromatic nitrogens is 1. The van der Waals surface area contributed by atoms with Crippen molar-refractivity contribution in [2.75, 3.05) is 0 Å². The van der Waals surface area contributed by atoms with Crippen LogP contribution in [0.1, 0.15) is 16.0 Å². The topological polar surface area (TPSA) is 36.7 Å². The first-order chi connectivity index (χ1) is 8.78. The van der Waals surface area contributed by atoms with Crippen LogP contribution >= 0.6 is 11.3 Å². The molecule has 0 saturated heterocycles. The summed E-state index contributed by atoms with van der Waals surface area (Å²) in [5.41, 5.74) is 4.45. The monoisotopic (exact) mass is 286 g/mol. The van der Waals surface area contributed by atoms with Crippen LogP contribution in [0.4, 0.5) is 0 Å². The lowest BCUT2D eigenvalue weighted by molar-refractivity contribution is 1.34. The predicted octanol–water partition coefficient (Wildman–Crippen LogP) is 4.28. The van der Waals surface area contributed by atoms with Crippen molar-refractivity contribution < 1.29 is 0 Å². The van der Waals surface area contributed by atoms with Gasteiger partial charge in [0.1, 0.15) is 19.0 Å². The minimum Gasteiger partial charge on any atom is -0.244 e. The highest BCUT2D eigenvalue weighted by Gasteiger charge is 2.06. The second-order valence-electron chi connectivity index (χ2n) is 5.38. The van der Waals surface area contributed by atoms with Crippen molar-refractivity contribution >= 4 is 29.6 Å². The average molecular weight is 286 g/mol. The number of fused-ring (bicyclic) bond motifs is 1. The number of hydrogen-bond acceptors (Lipinski definition) is 3. The van der Waals surface area contributed by atoms with Gasteiger partial charge in [0.05, 0.1) is 5.56 Å². The van der Waals surface area contributed by atoms with Gasteiger partial charge in [0.2, 0.25) is 0 Å². The molecule has 2 nitrogen and oxygen atoms in total. The first-order valence-electron chi connectivity index (χ1n) is 6.02. The number of nitriles is 1. The van der Waals surface area contributed by atoms with E-state index in [1.54, 1.807) is 17.5 Å². The smallest absolute Gasteiger partial charge is 0.128 e. The highest BCUT2D eigenvalue weighted by atomic mass is 32.1. The van der Waals surface area contributed by atoms with Gasteiger partial charge < -0.3 is 0 Å². The van der Waals surface area contributed by atoms with Crippen LogP contribution in [0.15, 0.2) is 12.3 Å². The molecule has 2 rings (SSSR count). The molecule has 0 spiro atoms. The molecule has 0 bridgehead atoms. The number of pyridine rings is 1. The van der Waals surface area contributed by atoms with Crippen molar-refractivity contribution in [1.29, 1.82) is 5.26 Å². The van der Waals surface area contributed by atoms with Gasteiger partial charge in [-0.05, 0) is 25.5 Å². The van der Waals surface area contributed by atoms with Crippen molar-refractivity contribution in [3.8, 4) is 18.0 Å². The van der Waals surface area contributed by atoms with Crippen LogP contribution in [-0.2, 0) is 0 Å². The molecule has 0 N–H and O–H groups in total. The van der Waals surface area contributed by atoms with E-state index in [9.17, 15) is 0 Å². The van der Waals surface area contributed by atoms with E-state index in [4.69, 9.17) is 11.7 Å². The number of aryl methyl sites for hydroxylation is 2. The SMILES string of the molecule is C#C[Si](C)(C)C.Cc1cc2c(C)c(C#N)cnc2s1. The Morgan fingerprint density at radius 1 is 1.32 bits per heavy atom. The minimum absolute atomic E-state index is 0.672. The molecule has 2 heterocycles. The van der Waals surface area contributed by atoms with Crippen LogP contribution < -0.4 is 0 Å². The summed E-state index contributed by atoms with van der Waals surface area (Å²) in [4.78, 5) is 6.49. The van der Waals surface area contributed by atoms with Gasteiger partial charge in [-0.2, -0.15) is 5.26 Å². The normalized spacial score (nSPS) is 10.3. The molecule has 0 saturated carbocycles. The zero-order valence-corrected chi connectivity index (χ0v) is 13.9. The van der Waals surface area contributed by atoms with Gasteiger partial charge in [0, 0.05) is 16.5 Å². The van der Waals surface area contributed by atoms with Crippen molar-refractivity contribution in [3.05, 3.63) is 28.3 Å². The third kappa shape index (κ3) is 4.20. The Hall–Kier alpha value is -1.62. The molecule has 0 atom stereocenters. The number of thiophene rings is 1. The van der Waals surface area contributed by atoms with Gasteiger partial charge in [-0.1, -0.05) is 19.6 Å². The first kappa shape index (κ1) is 15.4. The Kier molecular flexibility index (Phi) is 4.88. The molecule has 0 aromatic carbocycles. The molecule has 0 amide bonds. The lowest BCUT2D eigenvalue weighted by atomic mass is 10.1. The van der Waals surface area contributed by atoms with Crippen LogP contribution in [0.25, 0.3) is 10.2 Å². The molecular formula is C15H18N2SSi. The van der Waals surface area contributed by atoms with Crippen molar-refractivity contribution in [2.24, 2.45) is 0 Å². The van der Waals surface area contributed by atoms with Crippen molar-refractivity contribution in [1.82, 2.24) is 4.98 Å². The number of rotatable bonds is 0. The summed E-state index contributed by atoms with van der Waals surface area (Å²) in [5.74, 6) is 0. The lowest BCUT2D eigenvalue weighted by Gasteiger charge is -2.00. The van der Waals surface area contributed by atoms with Gasteiger partial charge in [-0.3, -0.25) is 0 Å². The maximum Gasteiger partial charge on any atom is 0.128 e. The highest BCUT2D eigenvalue weighted by molar-refractivity contribution is 7.18. The molecule has 0 aliphatic carbocycles. The van der Waals surface area contributed by atoms with E-state index in [0.717, 1.165) is 15.8 Å². The molecule has 19 heavy (non-hydrogen) atoms. The van der Waals surface area contributed by atoms with Crippen LogP contribution in [0.3, 0.4) is 0 Å². The summed E-state index contributed by atoms with van der Waals surface area (Å²) in [6, 6.07) is 4.23. The second kappa shape index (κ2) is 6.01. The molecule has 0 unspecified atom stereocenters. The molecular weight excluding hydrogens is 268 g/mol. The summed E-state index contributed by atoms with van der Waals surface area (Å²) in [5, 5.41) is 9.91.